The van der Waals surface area contributed by atoms with Crippen molar-refractivity contribution < 1.29 is 42.8 Å². The van der Waals surface area contributed by atoms with Gasteiger partial charge in [0.1, 0.15) is 24.8 Å². The minimum absolute atomic E-state index is 0. The number of ether oxygens (including phenoxy) is 3. The molecular formula is C17H15F4NO5. The molecule has 27 heavy (non-hydrogen) atoms. The standard InChI is InChI=1S/C17H13F4NO5.H2/c1-25-15(23)13-9(5-18)22-10-6-26-16(24)14(10)12(13)8-4-7(19)2-3-11(8)27-17(20)21;/h2-4,12,17,22H,5-6H2,1H3;1H/t12-;/m0./s1. The molecule has 0 unspecified atom stereocenters. The van der Waals surface area contributed by atoms with Crippen molar-refractivity contribution in [1.29, 1.82) is 0 Å². The lowest BCUT2D eigenvalue weighted by Gasteiger charge is -2.28. The second kappa shape index (κ2) is 7.29. The van der Waals surface area contributed by atoms with Crippen LogP contribution in [0.25, 0.3) is 0 Å². The lowest BCUT2D eigenvalue weighted by Crippen LogP contribution is -2.32. The summed E-state index contributed by atoms with van der Waals surface area (Å²) in [5.41, 5.74) is -0.831. The minimum Gasteiger partial charge on any atom is -0.466 e. The molecule has 2 aliphatic heterocycles. The quantitative estimate of drug-likeness (QED) is 0.617. The average molecular weight is 389 g/mol. The minimum atomic E-state index is -3.24. The number of carbonyl (C=O) groups is 2. The van der Waals surface area contributed by atoms with Gasteiger partial charge in [0.05, 0.1) is 35.6 Å². The Balaban J connectivity index is 0.00000280. The van der Waals surface area contributed by atoms with Crippen molar-refractivity contribution >= 4 is 11.9 Å². The predicted molar refractivity (Wildman–Crippen MR) is 84.0 cm³/mol. The van der Waals surface area contributed by atoms with Gasteiger partial charge < -0.3 is 19.5 Å². The average Bonchev–Trinajstić information content (AvgIpc) is 3.01. The van der Waals surface area contributed by atoms with E-state index >= 15 is 0 Å². The molecule has 0 radical (unpaired) electrons. The second-order valence-corrected chi connectivity index (χ2v) is 5.60. The van der Waals surface area contributed by atoms with Gasteiger partial charge in [-0.2, -0.15) is 8.78 Å². The summed E-state index contributed by atoms with van der Waals surface area (Å²) in [4.78, 5) is 24.5. The zero-order chi connectivity index (χ0) is 19.7. The van der Waals surface area contributed by atoms with Crippen LogP contribution in [0.1, 0.15) is 12.9 Å². The van der Waals surface area contributed by atoms with Crippen LogP contribution < -0.4 is 10.1 Å². The summed E-state index contributed by atoms with van der Waals surface area (Å²) in [5, 5.41) is 2.59. The molecule has 0 spiro atoms. The smallest absolute Gasteiger partial charge is 0.387 e. The Morgan fingerprint density at radius 2 is 2.19 bits per heavy atom. The number of allylic oxidation sites excluding steroid dienone is 1. The number of alkyl halides is 3. The lowest BCUT2D eigenvalue weighted by molar-refractivity contribution is -0.136. The van der Waals surface area contributed by atoms with Crippen LogP contribution >= 0.6 is 0 Å². The number of cyclic esters (lactones) is 1. The Morgan fingerprint density at radius 1 is 1.44 bits per heavy atom. The van der Waals surface area contributed by atoms with Gasteiger partial charge in [0, 0.05) is 6.99 Å². The summed E-state index contributed by atoms with van der Waals surface area (Å²) in [6.45, 7) is -4.62. The van der Waals surface area contributed by atoms with Gasteiger partial charge in [0.25, 0.3) is 0 Å². The van der Waals surface area contributed by atoms with Gasteiger partial charge >= 0.3 is 18.6 Å². The van der Waals surface area contributed by atoms with Crippen molar-refractivity contribution in [3.63, 3.8) is 0 Å². The zero-order valence-corrected chi connectivity index (χ0v) is 13.9. The Kier molecular flexibility index (Phi) is 5.06. The van der Waals surface area contributed by atoms with Crippen LogP contribution in [0.5, 0.6) is 5.75 Å². The highest BCUT2D eigenvalue weighted by molar-refractivity contribution is 6.01. The normalized spacial score (nSPS) is 19.0. The molecule has 1 aromatic carbocycles. The van der Waals surface area contributed by atoms with Gasteiger partial charge in [0.15, 0.2) is 0 Å². The Morgan fingerprint density at radius 3 is 2.81 bits per heavy atom. The molecule has 1 N–H and O–H groups in total. The number of nitrogens with one attached hydrogen (secondary N) is 1. The van der Waals surface area contributed by atoms with Gasteiger partial charge in [-0.15, -0.1) is 0 Å². The molecule has 10 heteroatoms. The molecule has 2 aliphatic rings. The van der Waals surface area contributed by atoms with Crippen molar-refractivity contribution in [3.8, 4) is 5.75 Å². The first-order chi connectivity index (χ1) is 12.9. The van der Waals surface area contributed by atoms with Crippen LogP contribution in [-0.4, -0.2) is 38.9 Å². The van der Waals surface area contributed by atoms with Gasteiger partial charge in [-0.25, -0.2) is 18.4 Å². The second-order valence-electron chi connectivity index (χ2n) is 5.60. The van der Waals surface area contributed by atoms with E-state index < -0.39 is 42.7 Å². The third-order valence-corrected chi connectivity index (χ3v) is 4.13. The van der Waals surface area contributed by atoms with Gasteiger partial charge in [-0.05, 0) is 18.2 Å². The topological polar surface area (TPSA) is 73.9 Å². The fourth-order valence-corrected chi connectivity index (χ4v) is 3.10. The SMILES string of the molecule is COC(=O)C1=C(CF)NC2=C(C(=O)OC2)[C@H]1c1cc(F)ccc1OC(F)F.[HH]. The van der Waals surface area contributed by atoms with E-state index in [1.165, 1.54) is 0 Å². The summed E-state index contributed by atoms with van der Waals surface area (Å²) in [6.07, 6.45) is 0. The van der Waals surface area contributed by atoms with Crippen LogP contribution in [0.3, 0.4) is 0 Å². The van der Waals surface area contributed by atoms with Crippen LogP contribution in [-0.2, 0) is 19.1 Å². The molecule has 146 valence electrons. The summed E-state index contributed by atoms with van der Waals surface area (Å²) >= 11 is 0. The first-order valence-corrected chi connectivity index (χ1v) is 7.66. The van der Waals surface area contributed by atoms with Gasteiger partial charge in [0.2, 0.25) is 0 Å². The summed E-state index contributed by atoms with van der Waals surface area (Å²) in [6, 6.07) is 2.65. The predicted octanol–water partition coefficient (Wildman–Crippen LogP) is 2.57. The molecule has 0 bridgehead atoms. The van der Waals surface area contributed by atoms with Crippen molar-refractivity contribution in [3.05, 3.63) is 52.1 Å². The number of halogens is 4. The maximum absolute atomic E-state index is 13.9. The maximum Gasteiger partial charge on any atom is 0.387 e. The fraction of sp³-hybridized carbons (Fsp3) is 0.294. The summed E-state index contributed by atoms with van der Waals surface area (Å²) in [7, 11) is 1.03. The molecule has 2 heterocycles. The number of carbonyl (C=O) groups excluding carboxylic acids is 2. The molecule has 1 aromatic rings. The van der Waals surface area contributed by atoms with Crippen molar-refractivity contribution in [2.24, 2.45) is 0 Å². The van der Waals surface area contributed by atoms with Gasteiger partial charge in [-0.1, -0.05) is 0 Å². The van der Waals surface area contributed by atoms with Crippen molar-refractivity contribution in [1.82, 2.24) is 5.32 Å². The van der Waals surface area contributed by atoms with Gasteiger partial charge in [-0.3, -0.25) is 0 Å². The molecule has 0 aromatic heterocycles. The van der Waals surface area contributed by atoms with E-state index in [2.05, 4.69) is 14.8 Å². The molecule has 1 atom stereocenters. The molecule has 3 rings (SSSR count). The van der Waals surface area contributed by atoms with E-state index in [0.717, 1.165) is 25.3 Å². The largest absolute Gasteiger partial charge is 0.466 e. The molecule has 6 nitrogen and oxygen atoms in total. The fourth-order valence-electron chi connectivity index (χ4n) is 3.10. The number of hydrogen-bond donors (Lipinski definition) is 1. The van der Waals surface area contributed by atoms with E-state index in [4.69, 9.17) is 4.74 Å². The third-order valence-electron chi connectivity index (χ3n) is 4.13. The number of hydrogen-bond acceptors (Lipinski definition) is 6. The van der Waals surface area contributed by atoms with E-state index in [0.29, 0.717) is 0 Å². The molecule has 0 aliphatic carbocycles. The maximum atomic E-state index is 13.9. The number of dihydropyridines is 1. The molecule has 0 amide bonds. The first-order valence-electron chi connectivity index (χ1n) is 7.66. The number of methoxy groups -OCH3 is 1. The number of rotatable bonds is 5. The van der Waals surface area contributed by atoms with Crippen LogP contribution in [0.4, 0.5) is 17.6 Å². The zero-order valence-electron chi connectivity index (χ0n) is 13.9. The summed E-state index contributed by atoms with van der Waals surface area (Å²) in [5.74, 6) is -4.57. The number of esters is 2. The lowest BCUT2D eigenvalue weighted by atomic mass is 9.80. The Bertz CT molecular complexity index is 871. The first kappa shape index (κ1) is 18.7. The number of benzene rings is 1. The highest BCUT2D eigenvalue weighted by atomic mass is 19.3. The van der Waals surface area contributed by atoms with E-state index in [1.54, 1.807) is 0 Å². The summed E-state index contributed by atoms with van der Waals surface area (Å²) < 4.78 is 66.9. The highest BCUT2D eigenvalue weighted by Crippen LogP contribution is 2.45. The van der Waals surface area contributed by atoms with Crippen LogP contribution in [0.15, 0.2) is 40.7 Å². The highest BCUT2D eigenvalue weighted by Gasteiger charge is 2.44. The third kappa shape index (κ3) is 3.34. The molecule has 0 fully saturated rings. The van der Waals surface area contributed by atoms with Crippen molar-refractivity contribution in [2.45, 2.75) is 12.5 Å². The van der Waals surface area contributed by atoms with Crippen LogP contribution in [0.2, 0.25) is 0 Å². The van der Waals surface area contributed by atoms with E-state index in [9.17, 15) is 27.2 Å². The van der Waals surface area contributed by atoms with E-state index in [-0.39, 0.29) is 36.1 Å². The Hall–Kier alpha value is -3.04. The monoisotopic (exact) mass is 389 g/mol. The Labute approximate surface area is 151 Å². The van der Waals surface area contributed by atoms with E-state index in [1.807, 2.05) is 0 Å². The molecule has 0 saturated heterocycles. The van der Waals surface area contributed by atoms with Crippen LogP contribution in [0, 0.1) is 5.82 Å². The molecule has 0 saturated carbocycles. The molecular weight excluding hydrogens is 374 g/mol. The van der Waals surface area contributed by atoms with Crippen molar-refractivity contribution in [2.75, 3.05) is 20.4 Å².